The molecule has 4 heteroatoms. The van der Waals surface area contributed by atoms with Crippen LogP contribution in [0.15, 0.2) is 0 Å². The van der Waals surface area contributed by atoms with Crippen molar-refractivity contribution < 1.29 is 9.59 Å². The third kappa shape index (κ3) is 1.89. The molecule has 1 aliphatic heterocycles. The largest absolute Gasteiger partial charge is 0.323 e. The van der Waals surface area contributed by atoms with Gasteiger partial charge in [-0.2, -0.15) is 0 Å². The van der Waals surface area contributed by atoms with Crippen molar-refractivity contribution in [2.75, 3.05) is 0 Å². The molecule has 1 aliphatic carbocycles. The summed E-state index contributed by atoms with van der Waals surface area (Å²) in [5.41, 5.74) is -0.546. The van der Waals surface area contributed by atoms with E-state index in [1.807, 2.05) is 13.8 Å². The Morgan fingerprint density at radius 3 is 2.07 bits per heavy atom. The third-order valence-electron chi connectivity index (χ3n) is 2.72. The molecule has 14 heavy (non-hydrogen) atoms. The van der Waals surface area contributed by atoms with Crippen LogP contribution in [0.3, 0.4) is 0 Å². The molecule has 4 nitrogen and oxygen atoms in total. The maximum atomic E-state index is 11.4. The minimum Gasteiger partial charge on any atom is -0.323 e. The van der Waals surface area contributed by atoms with Crippen LogP contribution in [0.1, 0.15) is 46.0 Å². The number of nitrogens with one attached hydrogen (secondary N) is 2. The highest BCUT2D eigenvalue weighted by molar-refractivity contribution is 6.07. The van der Waals surface area contributed by atoms with E-state index in [2.05, 4.69) is 10.6 Å². The minimum atomic E-state index is -0.546. The van der Waals surface area contributed by atoms with Crippen molar-refractivity contribution in [1.29, 1.82) is 0 Å². The Balaban J connectivity index is 0.000000461. The number of rotatable bonds is 0. The zero-order chi connectivity index (χ0) is 10.6. The zero-order valence-corrected chi connectivity index (χ0v) is 8.85. The summed E-state index contributed by atoms with van der Waals surface area (Å²) >= 11 is 0. The van der Waals surface area contributed by atoms with Gasteiger partial charge in [-0.15, -0.1) is 0 Å². The van der Waals surface area contributed by atoms with Crippen molar-refractivity contribution in [1.82, 2.24) is 10.6 Å². The van der Waals surface area contributed by atoms with E-state index in [-0.39, 0.29) is 11.9 Å². The van der Waals surface area contributed by atoms with E-state index < -0.39 is 5.54 Å². The topological polar surface area (TPSA) is 58.2 Å². The summed E-state index contributed by atoms with van der Waals surface area (Å²) in [5, 5.41) is 5.01. The first-order valence-electron chi connectivity index (χ1n) is 5.37. The second-order valence-electron chi connectivity index (χ2n) is 3.55. The summed E-state index contributed by atoms with van der Waals surface area (Å²) in [6.07, 6.45) is 4.83. The predicted octanol–water partition coefficient (Wildman–Crippen LogP) is 1.55. The Hall–Kier alpha value is -1.06. The Labute approximate surface area is 84.4 Å². The molecule has 2 aliphatic rings. The van der Waals surface area contributed by atoms with Gasteiger partial charge in [0.25, 0.3) is 5.91 Å². The highest BCUT2D eigenvalue weighted by Crippen LogP contribution is 2.30. The van der Waals surface area contributed by atoms with E-state index in [1.54, 1.807) is 0 Å². The van der Waals surface area contributed by atoms with Crippen LogP contribution in [-0.4, -0.2) is 17.5 Å². The Kier molecular flexibility index (Phi) is 3.49. The molecule has 0 bridgehead atoms. The van der Waals surface area contributed by atoms with Gasteiger partial charge in [0.2, 0.25) is 0 Å². The summed E-state index contributed by atoms with van der Waals surface area (Å²) < 4.78 is 0. The summed E-state index contributed by atoms with van der Waals surface area (Å²) in [7, 11) is 0. The van der Waals surface area contributed by atoms with E-state index in [1.165, 1.54) is 6.42 Å². The second kappa shape index (κ2) is 4.44. The van der Waals surface area contributed by atoms with Gasteiger partial charge in [-0.05, 0) is 12.8 Å². The second-order valence-corrected chi connectivity index (χ2v) is 3.55. The SMILES string of the molecule is CC.O=C1NC(=O)C2(CCCCC2)N1. The number of amides is 3. The highest BCUT2D eigenvalue weighted by atomic mass is 16.2. The molecule has 0 radical (unpaired) electrons. The first-order chi connectivity index (χ1) is 6.73. The van der Waals surface area contributed by atoms with E-state index >= 15 is 0 Å². The first kappa shape index (κ1) is 11.0. The Bertz CT molecular complexity index is 232. The Morgan fingerprint density at radius 2 is 1.64 bits per heavy atom. The van der Waals surface area contributed by atoms with Gasteiger partial charge < -0.3 is 5.32 Å². The van der Waals surface area contributed by atoms with E-state index in [0.29, 0.717) is 0 Å². The van der Waals surface area contributed by atoms with Crippen LogP contribution in [0.25, 0.3) is 0 Å². The van der Waals surface area contributed by atoms with Gasteiger partial charge in [0, 0.05) is 0 Å². The van der Waals surface area contributed by atoms with Crippen molar-refractivity contribution in [3.63, 3.8) is 0 Å². The normalized spacial score (nSPS) is 23.6. The summed E-state index contributed by atoms with van der Waals surface area (Å²) in [6, 6.07) is -0.332. The molecule has 2 rings (SSSR count). The summed E-state index contributed by atoms with van der Waals surface area (Å²) in [5.74, 6) is -0.132. The maximum absolute atomic E-state index is 11.4. The van der Waals surface area contributed by atoms with Crippen molar-refractivity contribution in [2.24, 2.45) is 0 Å². The number of carbonyl (C=O) groups is 2. The van der Waals surface area contributed by atoms with E-state index in [9.17, 15) is 9.59 Å². The quantitative estimate of drug-likeness (QED) is 0.580. The number of imide groups is 1. The smallest absolute Gasteiger partial charge is 0.322 e. The van der Waals surface area contributed by atoms with Crippen molar-refractivity contribution in [3.8, 4) is 0 Å². The molecule has 0 atom stereocenters. The highest BCUT2D eigenvalue weighted by Gasteiger charge is 2.46. The number of urea groups is 1. The first-order valence-corrected chi connectivity index (χ1v) is 5.37. The maximum Gasteiger partial charge on any atom is 0.322 e. The van der Waals surface area contributed by atoms with Crippen LogP contribution in [0, 0.1) is 0 Å². The van der Waals surface area contributed by atoms with E-state index in [4.69, 9.17) is 0 Å². The van der Waals surface area contributed by atoms with Crippen LogP contribution >= 0.6 is 0 Å². The lowest BCUT2D eigenvalue weighted by Gasteiger charge is -2.29. The Morgan fingerprint density at radius 1 is 1.07 bits per heavy atom. The molecule has 0 aromatic carbocycles. The molecule has 2 fully saturated rings. The van der Waals surface area contributed by atoms with Gasteiger partial charge in [0.1, 0.15) is 5.54 Å². The van der Waals surface area contributed by atoms with Gasteiger partial charge in [0.15, 0.2) is 0 Å². The van der Waals surface area contributed by atoms with Crippen LogP contribution in [0.5, 0.6) is 0 Å². The fourth-order valence-corrected chi connectivity index (χ4v) is 2.04. The van der Waals surface area contributed by atoms with Gasteiger partial charge in [-0.3, -0.25) is 10.1 Å². The van der Waals surface area contributed by atoms with Crippen LogP contribution in [0.4, 0.5) is 4.79 Å². The van der Waals surface area contributed by atoms with E-state index in [0.717, 1.165) is 25.7 Å². The molecule has 0 aromatic heterocycles. The minimum absolute atomic E-state index is 0.132. The number of hydrogen-bond acceptors (Lipinski definition) is 2. The number of hydrogen-bond donors (Lipinski definition) is 2. The van der Waals surface area contributed by atoms with Crippen LogP contribution < -0.4 is 10.6 Å². The average Bonchev–Trinajstić information content (AvgIpc) is 2.46. The molecule has 1 saturated heterocycles. The lowest BCUT2D eigenvalue weighted by Crippen LogP contribution is -2.48. The van der Waals surface area contributed by atoms with Gasteiger partial charge >= 0.3 is 6.03 Å². The summed E-state index contributed by atoms with van der Waals surface area (Å²) in [4.78, 5) is 22.3. The van der Waals surface area contributed by atoms with Crippen molar-refractivity contribution >= 4 is 11.9 Å². The monoisotopic (exact) mass is 198 g/mol. The molecule has 80 valence electrons. The molecular weight excluding hydrogens is 180 g/mol. The molecule has 1 spiro atoms. The lowest BCUT2D eigenvalue weighted by molar-refractivity contribution is -0.125. The van der Waals surface area contributed by atoms with Gasteiger partial charge in [-0.1, -0.05) is 33.1 Å². The molecule has 2 N–H and O–H groups in total. The number of carbonyl (C=O) groups excluding carboxylic acids is 2. The predicted molar refractivity (Wildman–Crippen MR) is 53.8 cm³/mol. The third-order valence-corrected chi connectivity index (χ3v) is 2.72. The molecule has 0 unspecified atom stereocenters. The fraction of sp³-hybridized carbons (Fsp3) is 0.800. The van der Waals surface area contributed by atoms with Crippen LogP contribution in [-0.2, 0) is 4.79 Å². The molecule has 3 amide bonds. The molecule has 1 saturated carbocycles. The van der Waals surface area contributed by atoms with Crippen LogP contribution in [0.2, 0.25) is 0 Å². The molecule has 0 aromatic rings. The zero-order valence-electron chi connectivity index (χ0n) is 8.85. The summed E-state index contributed by atoms with van der Waals surface area (Å²) in [6.45, 7) is 4.00. The molecular formula is C10H18N2O2. The van der Waals surface area contributed by atoms with Gasteiger partial charge in [0.05, 0.1) is 0 Å². The standard InChI is InChI=1S/C8H12N2O2.C2H6/c11-6-8(10-7(12)9-6)4-2-1-3-5-8;1-2/h1-5H2,(H2,9,10,11,12);1-2H3. The van der Waals surface area contributed by atoms with Gasteiger partial charge in [-0.25, -0.2) is 4.79 Å². The average molecular weight is 198 g/mol. The molecule has 1 heterocycles. The van der Waals surface area contributed by atoms with Crippen molar-refractivity contribution in [3.05, 3.63) is 0 Å². The lowest BCUT2D eigenvalue weighted by atomic mass is 9.82. The fourth-order valence-electron chi connectivity index (χ4n) is 2.04. The van der Waals surface area contributed by atoms with Crippen molar-refractivity contribution in [2.45, 2.75) is 51.5 Å².